The highest BCUT2D eigenvalue weighted by Crippen LogP contribution is 2.35. The lowest BCUT2D eigenvalue weighted by Gasteiger charge is -2.28. The van der Waals surface area contributed by atoms with Gasteiger partial charge in [0.1, 0.15) is 29.3 Å². The Kier molecular flexibility index (Phi) is 10.5. The lowest BCUT2D eigenvalue weighted by molar-refractivity contribution is -0.156. The minimum Gasteiger partial charge on any atom is -0.496 e. The minimum absolute atomic E-state index is 0.165. The van der Waals surface area contributed by atoms with Gasteiger partial charge < -0.3 is 23.5 Å². The van der Waals surface area contributed by atoms with Crippen molar-refractivity contribution in [2.24, 2.45) is 0 Å². The summed E-state index contributed by atoms with van der Waals surface area (Å²) in [6, 6.07) is 17.8. The fourth-order valence-electron chi connectivity index (χ4n) is 4.65. The van der Waals surface area contributed by atoms with Gasteiger partial charge in [-0.2, -0.15) is 4.98 Å². The number of amides is 1. The number of carbonyl (C=O) groups is 2. The van der Waals surface area contributed by atoms with Crippen LogP contribution in [0.15, 0.2) is 65.2 Å². The van der Waals surface area contributed by atoms with Gasteiger partial charge in [0.2, 0.25) is 5.82 Å². The molecule has 1 heterocycles. The van der Waals surface area contributed by atoms with Crippen LogP contribution in [0.2, 0.25) is 0 Å². The number of para-hydroxylation sites is 1. The van der Waals surface area contributed by atoms with Gasteiger partial charge in [-0.1, -0.05) is 41.6 Å². The standard InChI is InChI=1S/C35H40FN3O7/c1-34(2,3)44-30(40)20-39(33(41)45-35(4,5)6)19-24-14-13-22(18-28(24)36)31-37-32(46-38-31)23-15-16-26(25(17-23)21-42-7)27-11-9-10-12-29(27)43-8/h9-18H,19-21H2,1-8H3. The van der Waals surface area contributed by atoms with Crippen molar-refractivity contribution < 1.29 is 37.5 Å². The van der Waals surface area contributed by atoms with Crippen LogP contribution in [-0.4, -0.2) is 59.1 Å². The van der Waals surface area contributed by atoms with Gasteiger partial charge >= 0.3 is 12.1 Å². The van der Waals surface area contributed by atoms with Crippen LogP contribution < -0.4 is 4.74 Å². The van der Waals surface area contributed by atoms with E-state index in [0.717, 1.165) is 27.3 Å². The van der Waals surface area contributed by atoms with Crippen molar-refractivity contribution in [1.29, 1.82) is 0 Å². The molecule has 4 rings (SSSR count). The van der Waals surface area contributed by atoms with Crippen molar-refractivity contribution in [1.82, 2.24) is 15.0 Å². The predicted octanol–water partition coefficient (Wildman–Crippen LogP) is 7.44. The minimum atomic E-state index is -0.818. The molecule has 0 spiro atoms. The molecule has 0 bridgehead atoms. The van der Waals surface area contributed by atoms with Crippen LogP contribution in [0.4, 0.5) is 9.18 Å². The highest BCUT2D eigenvalue weighted by molar-refractivity contribution is 5.79. The number of halogens is 1. The molecule has 10 nitrogen and oxygen atoms in total. The number of aromatic nitrogens is 2. The second kappa shape index (κ2) is 14.1. The molecule has 0 saturated carbocycles. The lowest BCUT2D eigenvalue weighted by Crippen LogP contribution is -2.41. The number of esters is 1. The first-order valence-corrected chi connectivity index (χ1v) is 14.8. The molecular weight excluding hydrogens is 593 g/mol. The van der Waals surface area contributed by atoms with Crippen LogP contribution in [-0.2, 0) is 32.2 Å². The van der Waals surface area contributed by atoms with Gasteiger partial charge in [-0.25, -0.2) is 9.18 Å². The zero-order chi connectivity index (χ0) is 33.6. The Balaban J connectivity index is 1.57. The van der Waals surface area contributed by atoms with Crippen molar-refractivity contribution in [3.8, 4) is 39.7 Å². The first kappa shape index (κ1) is 34.1. The van der Waals surface area contributed by atoms with Crippen LogP contribution >= 0.6 is 0 Å². The summed E-state index contributed by atoms with van der Waals surface area (Å²) in [5, 5.41) is 4.07. The molecule has 0 fully saturated rings. The van der Waals surface area contributed by atoms with E-state index in [2.05, 4.69) is 10.1 Å². The first-order valence-electron chi connectivity index (χ1n) is 14.8. The molecule has 3 aromatic carbocycles. The van der Waals surface area contributed by atoms with Crippen LogP contribution in [0.5, 0.6) is 5.75 Å². The summed E-state index contributed by atoms with van der Waals surface area (Å²) in [6.45, 7) is 9.99. The van der Waals surface area contributed by atoms with Gasteiger partial charge in [0.15, 0.2) is 0 Å². The van der Waals surface area contributed by atoms with Gasteiger partial charge in [-0.05, 0) is 76.9 Å². The highest BCUT2D eigenvalue weighted by Gasteiger charge is 2.27. The van der Waals surface area contributed by atoms with Crippen LogP contribution in [0.1, 0.15) is 52.7 Å². The number of rotatable bonds is 10. The molecule has 0 radical (unpaired) electrons. The topological polar surface area (TPSA) is 113 Å². The summed E-state index contributed by atoms with van der Waals surface area (Å²) < 4.78 is 42.8. The van der Waals surface area contributed by atoms with E-state index in [9.17, 15) is 9.59 Å². The van der Waals surface area contributed by atoms with Crippen molar-refractivity contribution in [2.75, 3.05) is 20.8 Å². The number of methoxy groups -OCH3 is 2. The molecule has 0 unspecified atom stereocenters. The molecule has 11 heteroatoms. The third-order valence-corrected chi connectivity index (χ3v) is 6.54. The predicted molar refractivity (Wildman–Crippen MR) is 170 cm³/mol. The maximum atomic E-state index is 15.4. The fourth-order valence-corrected chi connectivity index (χ4v) is 4.65. The molecular formula is C35H40FN3O7. The second-order valence-electron chi connectivity index (χ2n) is 12.7. The molecule has 0 aliphatic rings. The molecule has 46 heavy (non-hydrogen) atoms. The second-order valence-corrected chi connectivity index (χ2v) is 12.7. The number of nitrogens with zero attached hydrogens (tertiary/aromatic N) is 3. The molecule has 4 aromatic rings. The highest BCUT2D eigenvalue weighted by atomic mass is 19.1. The SMILES string of the molecule is COCc1cc(-c2nc(-c3ccc(CN(CC(=O)OC(C)(C)C)C(=O)OC(C)(C)C)c(F)c3)no2)ccc1-c1ccccc1OC. The Morgan fingerprint density at radius 3 is 2.20 bits per heavy atom. The Hall–Kier alpha value is -4.77. The number of hydrogen-bond donors (Lipinski definition) is 0. The number of carbonyl (C=O) groups excluding carboxylic acids is 2. The summed E-state index contributed by atoms with van der Waals surface area (Å²) in [7, 11) is 3.24. The molecule has 0 aliphatic carbocycles. The number of ether oxygens (including phenoxy) is 4. The van der Waals surface area contributed by atoms with Gasteiger partial charge in [-0.15, -0.1) is 0 Å². The molecule has 1 amide bonds. The van der Waals surface area contributed by atoms with Gasteiger partial charge in [0.05, 0.1) is 20.3 Å². The van der Waals surface area contributed by atoms with Crippen LogP contribution in [0.25, 0.3) is 34.0 Å². The molecule has 244 valence electrons. The Morgan fingerprint density at radius 1 is 0.848 bits per heavy atom. The van der Waals surface area contributed by atoms with Gasteiger partial charge in [0, 0.05) is 29.4 Å². The van der Waals surface area contributed by atoms with Gasteiger partial charge in [0.25, 0.3) is 5.89 Å². The van der Waals surface area contributed by atoms with Crippen LogP contribution in [0, 0.1) is 5.82 Å². The van der Waals surface area contributed by atoms with E-state index in [4.69, 9.17) is 23.5 Å². The number of hydrogen-bond acceptors (Lipinski definition) is 9. The van der Waals surface area contributed by atoms with E-state index in [1.165, 1.54) is 12.1 Å². The fraction of sp³-hybridized carbons (Fsp3) is 0.371. The van der Waals surface area contributed by atoms with E-state index in [0.29, 0.717) is 17.7 Å². The van der Waals surface area contributed by atoms with E-state index in [-0.39, 0.29) is 23.8 Å². The Morgan fingerprint density at radius 2 is 1.54 bits per heavy atom. The average Bonchev–Trinajstić information content (AvgIpc) is 3.46. The van der Waals surface area contributed by atoms with Gasteiger partial charge in [-0.3, -0.25) is 9.69 Å². The average molecular weight is 634 g/mol. The third kappa shape index (κ3) is 8.91. The summed E-state index contributed by atoms with van der Waals surface area (Å²) in [5.41, 5.74) is 2.37. The van der Waals surface area contributed by atoms with E-state index in [1.807, 2.05) is 42.5 Å². The number of benzene rings is 3. The lowest BCUT2D eigenvalue weighted by atomic mass is 9.97. The van der Waals surface area contributed by atoms with E-state index >= 15 is 4.39 Å². The molecule has 0 aliphatic heterocycles. The third-order valence-electron chi connectivity index (χ3n) is 6.54. The quantitative estimate of drug-likeness (QED) is 0.164. The van der Waals surface area contributed by atoms with Crippen molar-refractivity contribution in [2.45, 2.75) is 65.9 Å². The largest absolute Gasteiger partial charge is 0.496 e. The smallest absolute Gasteiger partial charge is 0.411 e. The normalized spacial score (nSPS) is 11.7. The maximum Gasteiger partial charge on any atom is 0.411 e. The van der Waals surface area contributed by atoms with E-state index < -0.39 is 35.6 Å². The summed E-state index contributed by atoms with van der Waals surface area (Å²) >= 11 is 0. The van der Waals surface area contributed by atoms with Crippen LogP contribution in [0.3, 0.4) is 0 Å². The summed E-state index contributed by atoms with van der Waals surface area (Å²) in [5.74, 6) is -0.0983. The summed E-state index contributed by atoms with van der Waals surface area (Å²) in [4.78, 5) is 31.1. The summed E-state index contributed by atoms with van der Waals surface area (Å²) in [6.07, 6.45) is -0.769. The molecule has 0 saturated heterocycles. The molecule has 0 atom stereocenters. The Bertz CT molecular complexity index is 1690. The monoisotopic (exact) mass is 633 g/mol. The zero-order valence-electron chi connectivity index (χ0n) is 27.5. The Labute approximate surface area is 268 Å². The maximum absolute atomic E-state index is 15.4. The zero-order valence-corrected chi connectivity index (χ0v) is 27.5. The van der Waals surface area contributed by atoms with E-state index in [1.54, 1.807) is 61.8 Å². The first-order chi connectivity index (χ1) is 21.7. The van der Waals surface area contributed by atoms with Crippen molar-refractivity contribution >= 4 is 12.1 Å². The molecule has 0 N–H and O–H groups in total. The van der Waals surface area contributed by atoms with Crippen molar-refractivity contribution in [3.63, 3.8) is 0 Å². The van der Waals surface area contributed by atoms with Crippen molar-refractivity contribution in [3.05, 3.63) is 77.6 Å². The molecule has 1 aromatic heterocycles.